The second-order valence-corrected chi connectivity index (χ2v) is 9.51. The van der Waals surface area contributed by atoms with Gasteiger partial charge in [0.15, 0.2) is 11.6 Å². The lowest BCUT2D eigenvalue weighted by atomic mass is 9.96. The van der Waals surface area contributed by atoms with E-state index in [2.05, 4.69) is 25.6 Å². The van der Waals surface area contributed by atoms with Gasteiger partial charge in [-0.2, -0.15) is 18.4 Å². The molecule has 0 bridgehead atoms. The third-order valence-corrected chi connectivity index (χ3v) is 6.74. The second kappa shape index (κ2) is 10.9. The minimum Gasteiger partial charge on any atom is -0.332 e. The lowest BCUT2D eigenvalue weighted by molar-refractivity contribution is -0.148. The number of carbonyl (C=O) groups is 1. The van der Waals surface area contributed by atoms with Gasteiger partial charge in [-0.1, -0.05) is 12.1 Å². The van der Waals surface area contributed by atoms with Crippen molar-refractivity contribution in [3.8, 4) is 11.5 Å². The fourth-order valence-corrected chi connectivity index (χ4v) is 4.95. The normalized spacial score (nSPS) is 16.1. The first-order valence-electron chi connectivity index (χ1n) is 12.3. The quantitative estimate of drug-likeness (QED) is 0.253. The summed E-state index contributed by atoms with van der Waals surface area (Å²) in [4.78, 5) is 18.6. The van der Waals surface area contributed by atoms with Gasteiger partial charge >= 0.3 is 6.18 Å². The number of hydrogen-bond acceptors (Lipinski definition) is 6. The Kier molecular flexibility index (Phi) is 7.50. The monoisotopic (exact) mass is 582 g/mol. The Bertz CT molecular complexity index is 1550. The van der Waals surface area contributed by atoms with Crippen molar-refractivity contribution in [3.05, 3.63) is 82.3 Å². The van der Waals surface area contributed by atoms with Crippen molar-refractivity contribution in [2.24, 2.45) is 5.73 Å². The summed E-state index contributed by atoms with van der Waals surface area (Å²) in [6.45, 7) is -0.456. The van der Waals surface area contributed by atoms with Crippen LogP contribution < -0.4 is 5.73 Å². The van der Waals surface area contributed by atoms with Gasteiger partial charge in [-0.05, 0) is 47.4 Å². The molecule has 0 fully saturated rings. The SMILES string of the molecule is N[C@@H](CC(=O)N1CCn2c(C(F)(F)F)nc(-c3nn[nH]n3)c2C1Cc1ccc(F)cc1)Cc1cc(F)c(F)cc1F. The highest BCUT2D eigenvalue weighted by molar-refractivity contribution is 5.78. The van der Waals surface area contributed by atoms with Crippen LogP contribution in [0, 0.1) is 23.3 Å². The van der Waals surface area contributed by atoms with Crippen LogP contribution in [0.2, 0.25) is 0 Å². The minimum atomic E-state index is -4.85. The Morgan fingerprint density at radius 2 is 1.76 bits per heavy atom. The number of tetrazole rings is 1. The first-order valence-corrected chi connectivity index (χ1v) is 12.3. The van der Waals surface area contributed by atoms with Gasteiger partial charge in [0, 0.05) is 31.6 Å². The summed E-state index contributed by atoms with van der Waals surface area (Å²) in [7, 11) is 0. The maximum absolute atomic E-state index is 14.2. The van der Waals surface area contributed by atoms with E-state index in [1.807, 2.05) is 0 Å². The van der Waals surface area contributed by atoms with Gasteiger partial charge in [-0.15, -0.1) is 10.2 Å². The number of aromatic nitrogens is 6. The zero-order valence-corrected chi connectivity index (χ0v) is 21.0. The Balaban J connectivity index is 1.50. The largest absolute Gasteiger partial charge is 0.449 e. The first-order chi connectivity index (χ1) is 19.4. The molecular weight excluding hydrogens is 561 g/mol. The average Bonchev–Trinajstić information content (AvgIpc) is 3.57. The summed E-state index contributed by atoms with van der Waals surface area (Å²) in [5, 5.41) is 13.1. The maximum atomic E-state index is 14.2. The number of nitrogens with zero attached hydrogens (tertiary/aromatic N) is 6. The molecule has 1 unspecified atom stereocenters. The summed E-state index contributed by atoms with van der Waals surface area (Å²) in [5.74, 6) is -6.25. The molecule has 0 saturated carbocycles. The first kappa shape index (κ1) is 28.2. The van der Waals surface area contributed by atoms with Crippen molar-refractivity contribution in [2.45, 2.75) is 44.1 Å². The topological polar surface area (TPSA) is 119 Å². The molecule has 0 saturated heterocycles. The van der Waals surface area contributed by atoms with Crippen molar-refractivity contribution in [1.82, 2.24) is 35.1 Å². The highest BCUT2D eigenvalue weighted by atomic mass is 19.4. The third kappa shape index (κ3) is 5.77. The molecule has 9 nitrogen and oxygen atoms in total. The standard InChI is InChI=1S/C25H21F7N8O/c26-14-3-1-12(2-4-14)7-19-22-21(23-35-37-38-36-23)34-24(25(30,31)32)40(22)6-5-39(19)20(41)10-15(33)8-13-9-17(28)18(29)11-16(13)27/h1-4,9,11,15,19H,5-8,10,33H2,(H,35,36,37,38)/t15-,19?/m1/s1. The minimum absolute atomic E-state index is 0.0112. The van der Waals surface area contributed by atoms with Gasteiger partial charge in [0.05, 0.1) is 11.7 Å². The Hall–Kier alpha value is -4.34. The molecule has 4 aromatic rings. The predicted octanol–water partition coefficient (Wildman–Crippen LogP) is 3.72. The molecule has 2 aromatic carbocycles. The molecule has 41 heavy (non-hydrogen) atoms. The van der Waals surface area contributed by atoms with E-state index in [4.69, 9.17) is 5.73 Å². The van der Waals surface area contributed by atoms with Crippen LogP contribution >= 0.6 is 0 Å². The summed E-state index contributed by atoms with van der Waals surface area (Å²) < 4.78 is 97.6. The number of nitrogens with two attached hydrogens (primary N) is 1. The summed E-state index contributed by atoms with van der Waals surface area (Å²) >= 11 is 0. The molecule has 3 heterocycles. The van der Waals surface area contributed by atoms with Crippen LogP contribution in [0.25, 0.3) is 11.5 Å². The second-order valence-electron chi connectivity index (χ2n) is 9.51. The number of amides is 1. The third-order valence-electron chi connectivity index (χ3n) is 6.74. The molecule has 0 aliphatic carbocycles. The van der Waals surface area contributed by atoms with Crippen LogP contribution in [0.15, 0.2) is 36.4 Å². The number of rotatable bonds is 7. The molecule has 2 atom stereocenters. The highest BCUT2D eigenvalue weighted by Gasteiger charge is 2.44. The molecule has 0 radical (unpaired) electrons. The van der Waals surface area contributed by atoms with Gasteiger partial charge < -0.3 is 15.2 Å². The van der Waals surface area contributed by atoms with Gasteiger partial charge in [0.25, 0.3) is 0 Å². The lowest BCUT2D eigenvalue weighted by Crippen LogP contribution is -2.45. The maximum Gasteiger partial charge on any atom is 0.449 e. The van der Waals surface area contributed by atoms with Gasteiger partial charge in [0.1, 0.15) is 17.3 Å². The van der Waals surface area contributed by atoms with E-state index in [0.29, 0.717) is 17.7 Å². The Labute approximate surface area is 227 Å². The molecular formula is C25H21F7N8O. The molecule has 2 aromatic heterocycles. The van der Waals surface area contributed by atoms with E-state index in [1.54, 1.807) is 0 Å². The predicted molar refractivity (Wildman–Crippen MR) is 128 cm³/mol. The molecule has 1 aliphatic rings. The van der Waals surface area contributed by atoms with Crippen LogP contribution in [-0.2, 0) is 30.4 Å². The number of nitrogens with one attached hydrogen (secondary N) is 1. The van der Waals surface area contributed by atoms with Crippen molar-refractivity contribution in [2.75, 3.05) is 6.54 Å². The number of aromatic amines is 1. The van der Waals surface area contributed by atoms with E-state index in [0.717, 1.165) is 4.57 Å². The van der Waals surface area contributed by atoms with E-state index < -0.39 is 59.7 Å². The van der Waals surface area contributed by atoms with Gasteiger partial charge in [-0.25, -0.2) is 22.5 Å². The number of halogens is 7. The van der Waals surface area contributed by atoms with Gasteiger partial charge in [0.2, 0.25) is 17.6 Å². The number of H-pyrrole nitrogens is 1. The number of fused-ring (bicyclic) bond motifs is 1. The van der Waals surface area contributed by atoms with E-state index in [-0.39, 0.29) is 48.7 Å². The van der Waals surface area contributed by atoms with E-state index >= 15 is 0 Å². The molecule has 3 N–H and O–H groups in total. The number of carbonyl (C=O) groups excluding carboxylic acids is 1. The summed E-state index contributed by atoms with van der Waals surface area (Å²) in [5.41, 5.74) is 6.09. The molecule has 0 spiro atoms. The Morgan fingerprint density at radius 3 is 2.41 bits per heavy atom. The fraction of sp³-hybridized carbons (Fsp3) is 0.320. The van der Waals surface area contributed by atoms with Crippen LogP contribution in [0.4, 0.5) is 30.7 Å². The Morgan fingerprint density at radius 1 is 1.05 bits per heavy atom. The molecule has 216 valence electrons. The van der Waals surface area contributed by atoms with Crippen LogP contribution in [0.1, 0.15) is 35.1 Å². The fourth-order valence-electron chi connectivity index (χ4n) is 4.95. The summed E-state index contributed by atoms with van der Waals surface area (Å²) in [6, 6.07) is 4.16. The smallest absolute Gasteiger partial charge is 0.332 e. The number of benzene rings is 2. The van der Waals surface area contributed by atoms with Crippen LogP contribution in [0.5, 0.6) is 0 Å². The highest BCUT2D eigenvalue weighted by Crippen LogP contribution is 2.40. The van der Waals surface area contributed by atoms with Crippen molar-refractivity contribution in [1.29, 1.82) is 0 Å². The number of imidazole rings is 1. The van der Waals surface area contributed by atoms with Crippen molar-refractivity contribution < 1.29 is 35.5 Å². The zero-order chi connectivity index (χ0) is 29.5. The molecule has 16 heteroatoms. The van der Waals surface area contributed by atoms with E-state index in [1.165, 1.54) is 29.2 Å². The molecule has 1 aliphatic heterocycles. The number of hydrogen-bond donors (Lipinski definition) is 2. The van der Waals surface area contributed by atoms with E-state index in [9.17, 15) is 35.5 Å². The van der Waals surface area contributed by atoms with Gasteiger partial charge in [-0.3, -0.25) is 4.79 Å². The van der Waals surface area contributed by atoms with Crippen LogP contribution in [0.3, 0.4) is 0 Å². The molecule has 1 amide bonds. The average molecular weight is 582 g/mol. The van der Waals surface area contributed by atoms with Crippen molar-refractivity contribution >= 4 is 5.91 Å². The number of alkyl halides is 3. The molecule has 5 rings (SSSR count). The zero-order valence-electron chi connectivity index (χ0n) is 21.0. The summed E-state index contributed by atoms with van der Waals surface area (Å²) in [6.07, 6.45) is -5.58. The van der Waals surface area contributed by atoms with Crippen LogP contribution in [-0.4, -0.2) is 53.6 Å². The van der Waals surface area contributed by atoms with Crippen molar-refractivity contribution in [3.63, 3.8) is 0 Å². The lowest BCUT2D eigenvalue weighted by Gasteiger charge is -2.38.